The van der Waals surface area contributed by atoms with Gasteiger partial charge in [0, 0.05) is 0 Å². The van der Waals surface area contributed by atoms with Crippen LogP contribution in [0.3, 0.4) is 0 Å². The molecule has 0 bridgehead atoms. The molecule has 0 N–H and O–H groups in total. The lowest BCUT2D eigenvalue weighted by atomic mass is 10.1. The summed E-state index contributed by atoms with van der Waals surface area (Å²) < 4.78 is 1.19. The smallest absolute Gasteiger partial charge is 0.0782 e. The third-order valence-electron chi connectivity index (χ3n) is 3.47. The third kappa shape index (κ3) is 12.3. The topological polar surface area (TPSA) is 0 Å². The van der Waals surface area contributed by atoms with Crippen LogP contribution in [-0.2, 0) is 0 Å². The first kappa shape index (κ1) is 18.6. The monoisotopic (exact) mass is 249 g/mol. The molecule has 0 fully saturated rings. The first-order valence-corrected chi connectivity index (χ1v) is 6.94. The average Bonchev–Trinajstić information content (AvgIpc) is 2.22. The summed E-state index contributed by atoms with van der Waals surface area (Å²) in [5.74, 6) is 0. The van der Waals surface area contributed by atoms with Crippen LogP contribution < -0.4 is 12.4 Å². The van der Waals surface area contributed by atoms with E-state index in [0.717, 1.165) is 0 Å². The number of hydrogen-bond acceptors (Lipinski definition) is 0. The molecule has 0 spiro atoms. The van der Waals surface area contributed by atoms with Gasteiger partial charge in [-0.15, -0.1) is 0 Å². The highest BCUT2D eigenvalue weighted by atomic mass is 35.5. The Bertz CT molecular complexity index is 135. The van der Waals surface area contributed by atoms with Crippen molar-refractivity contribution in [2.75, 3.05) is 27.2 Å². The Labute approximate surface area is 110 Å². The van der Waals surface area contributed by atoms with Crippen molar-refractivity contribution in [3.05, 3.63) is 0 Å². The molecule has 0 radical (unpaired) electrons. The summed E-state index contributed by atoms with van der Waals surface area (Å²) in [5, 5.41) is 0. The van der Waals surface area contributed by atoms with Crippen molar-refractivity contribution in [1.29, 1.82) is 0 Å². The maximum absolute atomic E-state index is 2.33. The number of unbranched alkanes of at least 4 members (excludes halogenated alkanes) is 7. The molecule has 0 saturated carbocycles. The normalized spacial score (nSPS) is 11.2. The summed E-state index contributed by atoms with van der Waals surface area (Å²) in [7, 11) is 4.67. The molecule has 0 unspecified atom stereocenters. The van der Waals surface area contributed by atoms with E-state index in [9.17, 15) is 0 Å². The van der Waals surface area contributed by atoms with Crippen LogP contribution in [0.1, 0.15) is 65.2 Å². The van der Waals surface area contributed by atoms with Crippen molar-refractivity contribution >= 4 is 0 Å². The lowest BCUT2D eigenvalue weighted by Gasteiger charge is -2.28. The number of halogens is 1. The molecule has 16 heavy (non-hydrogen) atoms. The van der Waals surface area contributed by atoms with Crippen LogP contribution in [0.25, 0.3) is 0 Å². The van der Waals surface area contributed by atoms with Gasteiger partial charge in [0.2, 0.25) is 0 Å². The van der Waals surface area contributed by atoms with E-state index in [2.05, 4.69) is 27.9 Å². The highest BCUT2D eigenvalue weighted by Gasteiger charge is 2.09. The minimum absolute atomic E-state index is 0. The van der Waals surface area contributed by atoms with Crippen LogP contribution in [0, 0.1) is 0 Å². The molecule has 100 valence electrons. The van der Waals surface area contributed by atoms with E-state index < -0.39 is 0 Å². The van der Waals surface area contributed by atoms with Gasteiger partial charge in [0.25, 0.3) is 0 Å². The average molecular weight is 250 g/mol. The molecule has 0 aromatic heterocycles. The molecule has 0 saturated heterocycles. The highest BCUT2D eigenvalue weighted by molar-refractivity contribution is 4.45. The summed E-state index contributed by atoms with van der Waals surface area (Å²) >= 11 is 0. The van der Waals surface area contributed by atoms with Crippen molar-refractivity contribution < 1.29 is 16.9 Å². The Kier molecular flexibility index (Phi) is 13.6. The van der Waals surface area contributed by atoms with Gasteiger partial charge in [-0.05, 0) is 19.8 Å². The lowest BCUT2D eigenvalue weighted by molar-refractivity contribution is -0.888. The molecule has 1 nitrogen and oxygen atoms in total. The number of hydrogen-bond donors (Lipinski definition) is 0. The predicted molar refractivity (Wildman–Crippen MR) is 70.1 cm³/mol. The van der Waals surface area contributed by atoms with Crippen molar-refractivity contribution in [1.82, 2.24) is 0 Å². The second-order valence-corrected chi connectivity index (χ2v) is 5.45. The van der Waals surface area contributed by atoms with Crippen LogP contribution in [-0.4, -0.2) is 31.7 Å². The van der Waals surface area contributed by atoms with Gasteiger partial charge in [-0.1, -0.05) is 45.4 Å². The van der Waals surface area contributed by atoms with Gasteiger partial charge in [0.05, 0.1) is 27.2 Å². The maximum Gasteiger partial charge on any atom is 0.0782 e. The van der Waals surface area contributed by atoms with Crippen LogP contribution >= 0.6 is 0 Å². The Balaban J connectivity index is 0. The van der Waals surface area contributed by atoms with Crippen LogP contribution in [0.15, 0.2) is 0 Å². The minimum atomic E-state index is 0. The van der Waals surface area contributed by atoms with Gasteiger partial charge >= 0.3 is 0 Å². The first-order chi connectivity index (χ1) is 7.12. The molecular weight excluding hydrogens is 218 g/mol. The molecule has 0 aliphatic carbocycles. The summed E-state index contributed by atoms with van der Waals surface area (Å²) in [6.45, 7) is 7.18. The van der Waals surface area contributed by atoms with Gasteiger partial charge in [0.15, 0.2) is 0 Å². The van der Waals surface area contributed by atoms with Crippen molar-refractivity contribution in [2.24, 2.45) is 0 Å². The van der Waals surface area contributed by atoms with E-state index in [1.54, 1.807) is 0 Å². The first-order valence-electron chi connectivity index (χ1n) is 6.94. The van der Waals surface area contributed by atoms with Crippen LogP contribution in [0.5, 0.6) is 0 Å². The number of rotatable bonds is 10. The van der Waals surface area contributed by atoms with E-state index in [1.807, 2.05) is 0 Å². The van der Waals surface area contributed by atoms with E-state index >= 15 is 0 Å². The molecule has 0 aromatic carbocycles. The van der Waals surface area contributed by atoms with E-state index in [0.29, 0.717) is 0 Å². The summed E-state index contributed by atoms with van der Waals surface area (Å²) in [6.07, 6.45) is 11.5. The Morgan fingerprint density at radius 1 is 0.688 bits per heavy atom. The predicted octanol–water partition coefficient (Wildman–Crippen LogP) is 1.23. The summed E-state index contributed by atoms with van der Waals surface area (Å²) in [4.78, 5) is 0. The minimum Gasteiger partial charge on any atom is -1.00 e. The Morgan fingerprint density at radius 2 is 1.12 bits per heavy atom. The van der Waals surface area contributed by atoms with E-state index in [-0.39, 0.29) is 12.4 Å². The van der Waals surface area contributed by atoms with Gasteiger partial charge in [-0.25, -0.2) is 0 Å². The lowest BCUT2D eigenvalue weighted by Crippen LogP contribution is -3.00. The van der Waals surface area contributed by atoms with Crippen molar-refractivity contribution in [3.63, 3.8) is 0 Å². The van der Waals surface area contributed by atoms with Gasteiger partial charge in [0.1, 0.15) is 0 Å². The second-order valence-electron chi connectivity index (χ2n) is 5.45. The molecule has 0 aliphatic rings. The standard InChI is InChI=1S/C14H32N.ClH/c1-5-7-8-9-10-11-12-13-14-15(3,4)6-2;/h5-14H2,1-4H3;1H/q+1;/p-1. The fraction of sp³-hybridized carbons (Fsp3) is 1.00. The molecular formula is C14H32ClN. The summed E-state index contributed by atoms with van der Waals surface area (Å²) in [5.41, 5.74) is 0. The van der Waals surface area contributed by atoms with E-state index in [1.165, 1.54) is 68.9 Å². The third-order valence-corrected chi connectivity index (χ3v) is 3.47. The Morgan fingerprint density at radius 3 is 1.56 bits per heavy atom. The summed E-state index contributed by atoms with van der Waals surface area (Å²) in [6, 6.07) is 0. The Hall–Kier alpha value is 0.250. The fourth-order valence-corrected chi connectivity index (χ4v) is 1.83. The van der Waals surface area contributed by atoms with Crippen molar-refractivity contribution in [2.45, 2.75) is 65.2 Å². The fourth-order valence-electron chi connectivity index (χ4n) is 1.83. The van der Waals surface area contributed by atoms with Crippen molar-refractivity contribution in [3.8, 4) is 0 Å². The van der Waals surface area contributed by atoms with Gasteiger partial charge in [-0.2, -0.15) is 0 Å². The molecule has 2 heteroatoms. The SMILES string of the molecule is CCCCCCCCCC[N+](C)(C)CC.[Cl-]. The zero-order valence-corrected chi connectivity index (χ0v) is 12.7. The molecule has 0 heterocycles. The van der Waals surface area contributed by atoms with Gasteiger partial charge < -0.3 is 16.9 Å². The highest BCUT2D eigenvalue weighted by Crippen LogP contribution is 2.09. The van der Waals surface area contributed by atoms with Crippen LogP contribution in [0.4, 0.5) is 0 Å². The quantitative estimate of drug-likeness (QED) is 0.404. The molecule has 0 amide bonds. The molecule has 0 atom stereocenters. The number of quaternary nitrogens is 1. The van der Waals surface area contributed by atoms with Crippen LogP contribution in [0.2, 0.25) is 0 Å². The number of nitrogens with zero attached hydrogens (tertiary/aromatic N) is 1. The van der Waals surface area contributed by atoms with Gasteiger partial charge in [-0.3, -0.25) is 0 Å². The van der Waals surface area contributed by atoms with E-state index in [4.69, 9.17) is 0 Å². The largest absolute Gasteiger partial charge is 1.00 e. The zero-order valence-electron chi connectivity index (χ0n) is 11.9. The molecule has 0 rings (SSSR count). The second kappa shape index (κ2) is 11.7. The molecule has 0 aromatic rings. The maximum atomic E-state index is 2.33. The molecule has 0 aliphatic heterocycles. The zero-order chi connectivity index (χ0) is 11.6.